The molecule has 0 spiro atoms. The van der Waals surface area contributed by atoms with E-state index in [-0.39, 0.29) is 29.1 Å². The third kappa shape index (κ3) is 4.90. The van der Waals surface area contributed by atoms with Crippen molar-refractivity contribution in [3.8, 4) is 22.6 Å². The lowest BCUT2D eigenvalue weighted by Crippen LogP contribution is -2.52. The van der Waals surface area contributed by atoms with Crippen molar-refractivity contribution in [1.29, 1.82) is 0 Å². The van der Waals surface area contributed by atoms with E-state index in [0.29, 0.717) is 47.8 Å². The Morgan fingerprint density at radius 2 is 1.91 bits per heavy atom. The number of halogens is 1. The number of carbonyl (C=O) groups is 1. The molecule has 0 aromatic heterocycles. The maximum absolute atomic E-state index is 14.8. The topological polar surface area (TPSA) is 99.5 Å². The minimum Gasteiger partial charge on any atom is -0.490 e. The molecule has 4 rings (SSSR count). The standard InChI is InChI=1S/C24H30FNO6S/c1-24(2,3)22-10-15(8-9-26(22)23(27)28)13-31-19-6-4-16(11-18(19)25)17-5-7-21-20(12-17)32-14-33(21,29)30/h4-7,11-12,15,22,29-30H,8-10,13-14H2,1-3H3,(H,27,28). The lowest BCUT2D eigenvalue weighted by atomic mass is 9.77. The van der Waals surface area contributed by atoms with Crippen LogP contribution in [-0.4, -0.2) is 50.3 Å². The number of carboxylic acid groups (broad SMARTS) is 1. The van der Waals surface area contributed by atoms with Crippen LogP contribution in [-0.2, 0) is 0 Å². The molecule has 2 aliphatic heterocycles. The van der Waals surface area contributed by atoms with Gasteiger partial charge in [0.05, 0.1) is 6.61 Å². The Morgan fingerprint density at radius 3 is 2.58 bits per heavy atom. The molecule has 0 radical (unpaired) electrons. The molecule has 2 aromatic rings. The van der Waals surface area contributed by atoms with Crippen LogP contribution in [0.5, 0.6) is 11.5 Å². The van der Waals surface area contributed by atoms with E-state index in [1.807, 2.05) is 20.8 Å². The Labute approximate surface area is 194 Å². The molecule has 3 N–H and O–H groups in total. The number of fused-ring (bicyclic) bond motifs is 1. The molecular weight excluding hydrogens is 449 g/mol. The first-order chi connectivity index (χ1) is 15.5. The van der Waals surface area contributed by atoms with Crippen LogP contribution in [0.3, 0.4) is 0 Å². The first-order valence-corrected chi connectivity index (χ1v) is 12.6. The fourth-order valence-electron chi connectivity index (χ4n) is 4.52. The average Bonchev–Trinajstić information content (AvgIpc) is 3.06. The molecule has 9 heteroatoms. The molecule has 33 heavy (non-hydrogen) atoms. The summed E-state index contributed by atoms with van der Waals surface area (Å²) < 4.78 is 45.9. The molecule has 0 bridgehead atoms. The van der Waals surface area contributed by atoms with Crippen LogP contribution in [0.2, 0.25) is 0 Å². The highest BCUT2D eigenvalue weighted by molar-refractivity contribution is 8.24. The van der Waals surface area contributed by atoms with Crippen molar-refractivity contribution in [2.75, 3.05) is 19.1 Å². The summed E-state index contributed by atoms with van der Waals surface area (Å²) in [6, 6.07) is 9.58. The van der Waals surface area contributed by atoms with E-state index in [1.165, 1.54) is 11.0 Å². The van der Waals surface area contributed by atoms with E-state index in [0.717, 1.165) is 0 Å². The van der Waals surface area contributed by atoms with Crippen LogP contribution in [0, 0.1) is 17.2 Å². The number of hydrogen-bond acceptors (Lipinski definition) is 5. The van der Waals surface area contributed by atoms with Crippen molar-refractivity contribution >= 4 is 16.7 Å². The van der Waals surface area contributed by atoms with Crippen LogP contribution in [0.4, 0.5) is 9.18 Å². The van der Waals surface area contributed by atoms with Crippen LogP contribution in [0.25, 0.3) is 11.1 Å². The molecule has 1 fully saturated rings. The summed E-state index contributed by atoms with van der Waals surface area (Å²) >= 11 is 0. The monoisotopic (exact) mass is 479 g/mol. The average molecular weight is 480 g/mol. The Bertz CT molecular complexity index is 1050. The van der Waals surface area contributed by atoms with Gasteiger partial charge in [-0.05, 0) is 59.6 Å². The van der Waals surface area contributed by atoms with E-state index in [2.05, 4.69) is 0 Å². The van der Waals surface area contributed by atoms with Crippen molar-refractivity contribution in [3.05, 3.63) is 42.2 Å². The summed E-state index contributed by atoms with van der Waals surface area (Å²) in [6.07, 6.45) is 0.439. The van der Waals surface area contributed by atoms with Gasteiger partial charge in [-0.3, -0.25) is 9.11 Å². The number of hydrogen-bond donors (Lipinski definition) is 3. The van der Waals surface area contributed by atoms with Crippen LogP contribution in [0.1, 0.15) is 33.6 Å². The highest BCUT2D eigenvalue weighted by atomic mass is 32.3. The van der Waals surface area contributed by atoms with Gasteiger partial charge in [0.2, 0.25) is 0 Å². The number of benzene rings is 2. The van der Waals surface area contributed by atoms with Crippen molar-refractivity contribution in [1.82, 2.24) is 4.90 Å². The second-order valence-electron chi connectivity index (χ2n) is 9.79. The molecule has 2 heterocycles. The third-order valence-electron chi connectivity index (χ3n) is 6.37. The molecular formula is C24H30FNO6S. The van der Waals surface area contributed by atoms with Gasteiger partial charge in [0.15, 0.2) is 17.5 Å². The van der Waals surface area contributed by atoms with E-state index in [4.69, 9.17) is 9.47 Å². The van der Waals surface area contributed by atoms with Gasteiger partial charge >= 0.3 is 6.09 Å². The van der Waals surface area contributed by atoms with Crippen LogP contribution < -0.4 is 9.47 Å². The highest BCUT2D eigenvalue weighted by Gasteiger charge is 2.38. The fourth-order valence-corrected chi connectivity index (χ4v) is 5.67. The summed E-state index contributed by atoms with van der Waals surface area (Å²) in [6.45, 7) is 6.85. The van der Waals surface area contributed by atoms with Gasteiger partial charge in [-0.1, -0.05) is 32.9 Å². The Kier molecular flexibility index (Phi) is 6.24. The molecule has 1 saturated heterocycles. The third-order valence-corrected chi connectivity index (χ3v) is 7.86. The first kappa shape index (κ1) is 23.7. The molecule has 0 aliphatic carbocycles. The zero-order valence-electron chi connectivity index (χ0n) is 19.0. The lowest BCUT2D eigenvalue weighted by molar-refractivity contribution is 0.0299. The maximum Gasteiger partial charge on any atom is 0.407 e. The van der Waals surface area contributed by atoms with Crippen molar-refractivity contribution < 1.29 is 32.9 Å². The van der Waals surface area contributed by atoms with Gasteiger partial charge < -0.3 is 19.5 Å². The van der Waals surface area contributed by atoms with E-state index in [1.54, 1.807) is 30.3 Å². The van der Waals surface area contributed by atoms with Crippen molar-refractivity contribution in [2.24, 2.45) is 11.3 Å². The summed E-state index contributed by atoms with van der Waals surface area (Å²) in [7, 11) is -2.91. The fraction of sp³-hybridized carbons (Fsp3) is 0.458. The number of amides is 1. The lowest BCUT2D eigenvalue weighted by Gasteiger charge is -2.44. The largest absolute Gasteiger partial charge is 0.490 e. The minimum absolute atomic E-state index is 0.120. The number of likely N-dealkylation sites (tertiary alicyclic amines) is 1. The normalized spacial score (nSPS) is 22.9. The number of piperidine rings is 1. The van der Waals surface area contributed by atoms with Gasteiger partial charge in [0, 0.05) is 12.6 Å². The van der Waals surface area contributed by atoms with Gasteiger partial charge in [-0.2, -0.15) is 0 Å². The predicted octanol–water partition coefficient (Wildman–Crippen LogP) is 6.14. The van der Waals surface area contributed by atoms with Gasteiger partial charge in [-0.25, -0.2) is 9.18 Å². The van der Waals surface area contributed by atoms with E-state index >= 15 is 0 Å². The van der Waals surface area contributed by atoms with Crippen LogP contribution in [0.15, 0.2) is 41.3 Å². The molecule has 2 aliphatic rings. The molecule has 0 saturated carbocycles. The first-order valence-electron chi connectivity index (χ1n) is 10.9. The molecule has 180 valence electrons. The van der Waals surface area contributed by atoms with Gasteiger partial charge in [0.1, 0.15) is 10.6 Å². The van der Waals surface area contributed by atoms with E-state index in [9.17, 15) is 23.4 Å². The number of ether oxygens (including phenoxy) is 2. The van der Waals surface area contributed by atoms with Gasteiger partial charge in [-0.15, -0.1) is 10.6 Å². The SMILES string of the molecule is CC(C)(C)C1CC(COc2ccc(-c3ccc4c(c3)OCS4(O)O)cc2F)CCN1C(=O)O. The minimum atomic E-state index is -2.91. The summed E-state index contributed by atoms with van der Waals surface area (Å²) in [4.78, 5) is 13.5. The molecule has 2 aromatic carbocycles. The Balaban J connectivity index is 1.43. The summed E-state index contributed by atoms with van der Waals surface area (Å²) in [5.41, 5.74) is 1.12. The molecule has 1 amide bonds. The van der Waals surface area contributed by atoms with Crippen molar-refractivity contribution in [3.63, 3.8) is 0 Å². The summed E-state index contributed by atoms with van der Waals surface area (Å²) in [5, 5.41) is 9.51. The molecule has 2 atom stereocenters. The summed E-state index contributed by atoms with van der Waals surface area (Å²) in [5.74, 6) is 0.0349. The second-order valence-corrected chi connectivity index (χ2v) is 11.8. The maximum atomic E-state index is 14.8. The smallest absolute Gasteiger partial charge is 0.407 e. The Hall–Kier alpha value is -2.49. The number of rotatable bonds is 4. The van der Waals surface area contributed by atoms with Gasteiger partial charge in [0.25, 0.3) is 0 Å². The van der Waals surface area contributed by atoms with E-state index < -0.39 is 22.5 Å². The Morgan fingerprint density at radius 1 is 1.21 bits per heavy atom. The second kappa shape index (κ2) is 8.70. The molecule has 2 unspecified atom stereocenters. The quantitative estimate of drug-likeness (QED) is 0.487. The highest BCUT2D eigenvalue weighted by Crippen LogP contribution is 2.57. The van der Waals surface area contributed by atoms with Crippen molar-refractivity contribution in [2.45, 2.75) is 44.6 Å². The predicted molar refractivity (Wildman–Crippen MR) is 125 cm³/mol. The number of nitrogens with zero attached hydrogens (tertiary/aromatic N) is 1. The molecule has 7 nitrogen and oxygen atoms in total. The zero-order chi connectivity index (χ0) is 24.0. The zero-order valence-corrected chi connectivity index (χ0v) is 19.8. The van der Waals surface area contributed by atoms with Crippen LogP contribution >= 0.6 is 10.6 Å².